The smallest absolute Gasteiger partial charge is 0.364 e. The molecule has 3 rings (SSSR count). The molecule has 2 aromatic heterocycles. The lowest BCUT2D eigenvalue weighted by atomic mass is 9.91. The molecule has 0 spiro atoms. The summed E-state index contributed by atoms with van der Waals surface area (Å²) in [7, 11) is 0. The van der Waals surface area contributed by atoms with Gasteiger partial charge in [-0.05, 0) is 48.0 Å². The van der Waals surface area contributed by atoms with E-state index in [-0.39, 0.29) is 5.56 Å². The van der Waals surface area contributed by atoms with Crippen LogP contribution in [0.3, 0.4) is 0 Å². The zero-order valence-electron chi connectivity index (χ0n) is 11.3. The molecule has 0 atom stereocenters. The van der Waals surface area contributed by atoms with Crippen LogP contribution in [0.5, 0.6) is 0 Å². The topological polar surface area (TPSA) is 31.6 Å². The van der Waals surface area contributed by atoms with Crippen LogP contribution < -0.4 is 0 Å². The Morgan fingerprint density at radius 3 is 1.91 bits per heavy atom. The van der Waals surface area contributed by atoms with Crippen molar-refractivity contribution in [2.45, 2.75) is 12.1 Å². The summed E-state index contributed by atoms with van der Waals surface area (Å²) in [6.45, 7) is 0. The average Bonchev–Trinajstić information content (AvgIpc) is 3.11. The van der Waals surface area contributed by atoms with Crippen molar-refractivity contribution in [3.05, 3.63) is 83.2 Å². The van der Waals surface area contributed by atoms with E-state index in [4.69, 9.17) is 0 Å². The van der Waals surface area contributed by atoms with Crippen molar-refractivity contribution in [2.24, 2.45) is 0 Å². The van der Waals surface area contributed by atoms with Gasteiger partial charge in [-0.2, -0.15) is 13.2 Å². The van der Waals surface area contributed by atoms with Gasteiger partial charge in [-0.1, -0.05) is 0 Å². The number of halogens is 4. The molecule has 0 aliphatic rings. The third-order valence-electron chi connectivity index (χ3n) is 3.45. The van der Waals surface area contributed by atoms with Gasteiger partial charge in [0.05, 0.1) is 11.5 Å². The highest BCUT2D eigenvalue weighted by Gasteiger charge is 2.32. The molecular formula is C16H12F4N2. The van der Waals surface area contributed by atoms with E-state index in [1.54, 1.807) is 36.7 Å². The lowest BCUT2D eigenvalue weighted by Gasteiger charge is -2.17. The van der Waals surface area contributed by atoms with Crippen molar-refractivity contribution < 1.29 is 17.6 Å². The summed E-state index contributed by atoms with van der Waals surface area (Å²) in [6.07, 6.45) is -1.24. The summed E-state index contributed by atoms with van der Waals surface area (Å²) in [4.78, 5) is 5.96. The fraction of sp³-hybridized carbons (Fsp3) is 0.125. The molecule has 0 bridgehead atoms. The van der Waals surface area contributed by atoms with Crippen LogP contribution in [0.15, 0.2) is 54.9 Å². The van der Waals surface area contributed by atoms with E-state index in [1.807, 2.05) is 0 Å². The summed E-state index contributed by atoms with van der Waals surface area (Å²) in [5, 5.41) is 0. The Bertz CT molecular complexity index is 709. The number of rotatable bonds is 3. The molecule has 0 amide bonds. The summed E-state index contributed by atoms with van der Waals surface area (Å²) in [5.74, 6) is -1.44. The Morgan fingerprint density at radius 2 is 1.45 bits per heavy atom. The number of hydrogen-bond acceptors (Lipinski definition) is 0. The molecule has 22 heavy (non-hydrogen) atoms. The van der Waals surface area contributed by atoms with Gasteiger partial charge in [0, 0.05) is 23.8 Å². The van der Waals surface area contributed by atoms with Gasteiger partial charge in [-0.15, -0.1) is 0 Å². The first-order chi connectivity index (χ1) is 10.4. The second-order valence-corrected chi connectivity index (χ2v) is 4.95. The molecule has 6 heteroatoms. The van der Waals surface area contributed by atoms with Crippen molar-refractivity contribution in [3.8, 4) is 0 Å². The Kier molecular flexibility index (Phi) is 3.52. The van der Waals surface area contributed by atoms with Crippen molar-refractivity contribution >= 4 is 0 Å². The Balaban J connectivity index is 2.15. The molecule has 2 nitrogen and oxygen atoms in total. The molecule has 114 valence electrons. The predicted octanol–water partition coefficient (Wildman–Crippen LogP) is 4.68. The highest BCUT2D eigenvalue weighted by molar-refractivity contribution is 5.40. The molecule has 2 N–H and O–H groups in total. The molecule has 1 aromatic carbocycles. The maximum Gasteiger partial charge on any atom is 0.416 e. The van der Waals surface area contributed by atoms with Crippen molar-refractivity contribution in [1.29, 1.82) is 0 Å². The summed E-state index contributed by atoms with van der Waals surface area (Å²) < 4.78 is 52.4. The minimum absolute atomic E-state index is 0.234. The fourth-order valence-electron chi connectivity index (χ4n) is 2.52. The molecule has 2 heterocycles. The molecule has 0 unspecified atom stereocenters. The van der Waals surface area contributed by atoms with E-state index < -0.39 is 23.5 Å². The van der Waals surface area contributed by atoms with Gasteiger partial charge in [-0.25, -0.2) is 4.39 Å². The zero-order valence-corrected chi connectivity index (χ0v) is 11.3. The number of hydrogen-bond donors (Lipinski definition) is 2. The molecule has 0 radical (unpaired) electrons. The molecule has 0 aliphatic carbocycles. The minimum Gasteiger partial charge on any atom is -0.364 e. The van der Waals surface area contributed by atoms with Crippen LogP contribution in [0.25, 0.3) is 0 Å². The molecule has 0 saturated carbocycles. The van der Waals surface area contributed by atoms with Gasteiger partial charge in [-0.3, -0.25) is 0 Å². The first kappa shape index (κ1) is 14.4. The van der Waals surface area contributed by atoms with E-state index in [1.165, 1.54) is 0 Å². The van der Waals surface area contributed by atoms with Crippen molar-refractivity contribution in [2.75, 3.05) is 0 Å². The summed E-state index contributed by atoms with van der Waals surface area (Å²) in [5.41, 5.74) is 0.602. The van der Waals surface area contributed by atoms with E-state index in [0.29, 0.717) is 17.5 Å². The van der Waals surface area contributed by atoms with E-state index >= 15 is 0 Å². The third kappa shape index (κ3) is 2.77. The highest BCUT2D eigenvalue weighted by atomic mass is 19.4. The molecule has 0 fully saturated rings. The first-order valence-electron chi connectivity index (χ1n) is 6.59. The van der Waals surface area contributed by atoms with Crippen LogP contribution in [0, 0.1) is 5.82 Å². The quantitative estimate of drug-likeness (QED) is 0.658. The maximum absolute atomic E-state index is 13.7. The van der Waals surface area contributed by atoms with Crippen LogP contribution in [0.1, 0.15) is 28.4 Å². The number of benzene rings is 1. The monoisotopic (exact) mass is 308 g/mol. The first-order valence-corrected chi connectivity index (χ1v) is 6.59. The van der Waals surface area contributed by atoms with E-state index in [2.05, 4.69) is 9.97 Å². The number of nitrogens with one attached hydrogen (secondary N) is 2. The lowest BCUT2D eigenvalue weighted by molar-refractivity contribution is -0.137. The van der Waals surface area contributed by atoms with Crippen molar-refractivity contribution in [3.63, 3.8) is 0 Å². The van der Waals surface area contributed by atoms with Gasteiger partial charge in [0.25, 0.3) is 0 Å². The van der Waals surface area contributed by atoms with Crippen LogP contribution >= 0.6 is 0 Å². The normalized spacial score (nSPS) is 12.0. The Morgan fingerprint density at radius 1 is 0.864 bits per heavy atom. The van der Waals surface area contributed by atoms with Gasteiger partial charge < -0.3 is 9.97 Å². The second kappa shape index (κ2) is 5.36. The van der Waals surface area contributed by atoms with Crippen LogP contribution in [0.2, 0.25) is 0 Å². The average molecular weight is 308 g/mol. The number of alkyl halides is 3. The van der Waals surface area contributed by atoms with Crippen molar-refractivity contribution in [1.82, 2.24) is 9.97 Å². The highest BCUT2D eigenvalue weighted by Crippen LogP contribution is 2.35. The lowest BCUT2D eigenvalue weighted by Crippen LogP contribution is -2.10. The zero-order chi connectivity index (χ0) is 15.7. The number of aromatic amines is 2. The standard InChI is InChI=1S/C16H12F4N2/c17-12-8-10(7-11(9-12)16(18,19)20)15(13-3-1-5-21-13)14-4-2-6-22-14/h1-9,15,21-22H. The molecular weight excluding hydrogens is 296 g/mol. The second-order valence-electron chi connectivity index (χ2n) is 4.95. The summed E-state index contributed by atoms with van der Waals surface area (Å²) in [6, 6.07) is 9.61. The van der Waals surface area contributed by atoms with E-state index in [9.17, 15) is 17.6 Å². The Hall–Kier alpha value is -2.50. The van der Waals surface area contributed by atoms with Gasteiger partial charge in [0.1, 0.15) is 5.82 Å². The van der Waals surface area contributed by atoms with E-state index in [0.717, 1.165) is 12.1 Å². The third-order valence-corrected chi connectivity index (χ3v) is 3.45. The molecule has 0 aliphatic heterocycles. The van der Waals surface area contributed by atoms with Crippen LogP contribution in [-0.2, 0) is 6.18 Å². The van der Waals surface area contributed by atoms with Gasteiger partial charge in [0.15, 0.2) is 0 Å². The van der Waals surface area contributed by atoms with Gasteiger partial charge >= 0.3 is 6.18 Å². The SMILES string of the molecule is Fc1cc(C(c2ccc[nH]2)c2ccc[nH]2)cc(C(F)(F)F)c1. The van der Waals surface area contributed by atoms with Gasteiger partial charge in [0.2, 0.25) is 0 Å². The predicted molar refractivity (Wildman–Crippen MR) is 73.9 cm³/mol. The molecule has 3 aromatic rings. The summed E-state index contributed by atoms with van der Waals surface area (Å²) >= 11 is 0. The maximum atomic E-state index is 13.7. The Labute approximate surface area is 123 Å². The minimum atomic E-state index is -4.59. The largest absolute Gasteiger partial charge is 0.416 e. The molecule has 0 saturated heterocycles. The van der Waals surface area contributed by atoms with Crippen LogP contribution in [0.4, 0.5) is 17.6 Å². The van der Waals surface area contributed by atoms with Crippen LogP contribution in [-0.4, -0.2) is 9.97 Å². The number of H-pyrrole nitrogens is 2. The fourth-order valence-corrected chi connectivity index (χ4v) is 2.52. The number of aromatic nitrogens is 2.